The topological polar surface area (TPSA) is 43.4 Å². The van der Waals surface area contributed by atoms with E-state index in [-0.39, 0.29) is 22.8 Å². The lowest BCUT2D eigenvalue weighted by Gasteiger charge is -2.23. The normalized spacial score (nSPS) is 20.8. The highest BCUT2D eigenvalue weighted by Crippen LogP contribution is 2.45. The SMILES string of the molecule is C[C@H]1CCOc2c(F)ccc(F)c2[C@H]1S(=O)(=O)c1ccc(Cl)cc1. The molecule has 7 heteroatoms. The Morgan fingerprint density at radius 2 is 1.71 bits per heavy atom. The van der Waals surface area contributed by atoms with Crippen molar-refractivity contribution < 1.29 is 21.9 Å². The summed E-state index contributed by atoms with van der Waals surface area (Å²) in [4.78, 5) is 0.0141. The van der Waals surface area contributed by atoms with Crippen LogP contribution in [0.3, 0.4) is 0 Å². The monoisotopic (exact) mass is 372 g/mol. The van der Waals surface area contributed by atoms with Gasteiger partial charge in [-0.05, 0) is 48.7 Å². The zero-order valence-electron chi connectivity index (χ0n) is 12.8. The molecule has 2 atom stereocenters. The number of sulfone groups is 1. The highest BCUT2D eigenvalue weighted by molar-refractivity contribution is 7.91. The Balaban J connectivity index is 2.23. The van der Waals surface area contributed by atoms with Crippen LogP contribution in [0.4, 0.5) is 8.78 Å². The van der Waals surface area contributed by atoms with Gasteiger partial charge >= 0.3 is 0 Å². The first-order valence-electron chi connectivity index (χ1n) is 7.42. The summed E-state index contributed by atoms with van der Waals surface area (Å²) >= 11 is 5.80. The van der Waals surface area contributed by atoms with Crippen LogP contribution in [-0.4, -0.2) is 15.0 Å². The van der Waals surface area contributed by atoms with E-state index in [0.717, 1.165) is 12.1 Å². The second-order valence-corrected chi connectivity index (χ2v) is 8.31. The lowest BCUT2D eigenvalue weighted by molar-refractivity contribution is 0.286. The van der Waals surface area contributed by atoms with Crippen molar-refractivity contribution in [2.75, 3.05) is 6.61 Å². The molecule has 1 heterocycles. The van der Waals surface area contributed by atoms with E-state index in [1.54, 1.807) is 6.92 Å². The zero-order chi connectivity index (χ0) is 17.5. The largest absolute Gasteiger partial charge is 0.490 e. The average Bonchev–Trinajstić information content (AvgIpc) is 2.71. The number of hydrogen-bond acceptors (Lipinski definition) is 3. The van der Waals surface area contributed by atoms with E-state index >= 15 is 0 Å². The molecule has 0 unspecified atom stereocenters. The molecule has 0 saturated carbocycles. The first-order valence-corrected chi connectivity index (χ1v) is 9.35. The maximum Gasteiger partial charge on any atom is 0.185 e. The minimum atomic E-state index is -3.95. The Labute approximate surface area is 144 Å². The van der Waals surface area contributed by atoms with Crippen LogP contribution >= 0.6 is 11.6 Å². The highest BCUT2D eigenvalue weighted by atomic mass is 35.5. The van der Waals surface area contributed by atoms with Gasteiger partial charge in [0.05, 0.1) is 17.1 Å². The van der Waals surface area contributed by atoms with E-state index in [0.29, 0.717) is 11.4 Å². The lowest BCUT2D eigenvalue weighted by Crippen LogP contribution is -2.21. The van der Waals surface area contributed by atoms with E-state index in [2.05, 4.69) is 0 Å². The number of benzene rings is 2. The quantitative estimate of drug-likeness (QED) is 0.776. The van der Waals surface area contributed by atoms with Gasteiger partial charge in [0, 0.05) is 5.02 Å². The molecular formula is C17H15ClF2O3S. The van der Waals surface area contributed by atoms with Crippen molar-refractivity contribution >= 4 is 21.4 Å². The van der Waals surface area contributed by atoms with Gasteiger partial charge in [-0.3, -0.25) is 0 Å². The molecule has 24 heavy (non-hydrogen) atoms. The number of hydrogen-bond donors (Lipinski definition) is 0. The summed E-state index contributed by atoms with van der Waals surface area (Å²) in [6.07, 6.45) is 0.366. The predicted octanol–water partition coefficient (Wildman–Crippen LogP) is 4.55. The molecule has 0 N–H and O–H groups in total. The Kier molecular flexibility index (Phi) is 4.53. The van der Waals surface area contributed by atoms with E-state index < -0.39 is 32.6 Å². The maximum atomic E-state index is 14.4. The molecule has 2 aromatic rings. The maximum absolute atomic E-state index is 14.4. The van der Waals surface area contributed by atoms with Gasteiger partial charge in [-0.2, -0.15) is 0 Å². The number of fused-ring (bicyclic) bond motifs is 1. The molecule has 3 nitrogen and oxygen atoms in total. The molecule has 3 rings (SSSR count). The Hall–Kier alpha value is -1.66. The van der Waals surface area contributed by atoms with Crippen LogP contribution in [0.2, 0.25) is 5.02 Å². The Bertz CT molecular complexity index is 866. The van der Waals surface area contributed by atoms with Crippen molar-refractivity contribution in [1.29, 1.82) is 0 Å². The van der Waals surface area contributed by atoms with E-state index in [1.807, 2.05) is 0 Å². The minimum Gasteiger partial charge on any atom is -0.490 e. The third-order valence-corrected chi connectivity index (χ3v) is 6.74. The molecule has 0 saturated heterocycles. The van der Waals surface area contributed by atoms with Crippen molar-refractivity contribution in [2.45, 2.75) is 23.5 Å². The van der Waals surface area contributed by atoms with Crippen molar-refractivity contribution in [1.82, 2.24) is 0 Å². The van der Waals surface area contributed by atoms with Crippen LogP contribution in [0.15, 0.2) is 41.3 Å². The predicted molar refractivity (Wildman–Crippen MR) is 87.0 cm³/mol. The molecule has 0 radical (unpaired) electrons. The van der Waals surface area contributed by atoms with Crippen LogP contribution in [0, 0.1) is 17.6 Å². The molecule has 0 aliphatic carbocycles. The molecular weight excluding hydrogens is 358 g/mol. The van der Waals surface area contributed by atoms with E-state index in [9.17, 15) is 17.2 Å². The highest BCUT2D eigenvalue weighted by Gasteiger charge is 2.40. The fraction of sp³-hybridized carbons (Fsp3) is 0.294. The molecule has 0 fully saturated rings. The van der Waals surface area contributed by atoms with Crippen LogP contribution in [0.5, 0.6) is 5.75 Å². The minimum absolute atomic E-state index is 0.0141. The van der Waals surface area contributed by atoms with Crippen molar-refractivity contribution in [3.05, 3.63) is 58.6 Å². The van der Waals surface area contributed by atoms with Gasteiger partial charge in [-0.25, -0.2) is 17.2 Å². The molecule has 0 spiro atoms. The number of ether oxygens (including phenoxy) is 1. The summed E-state index contributed by atoms with van der Waals surface area (Å²) in [6, 6.07) is 7.51. The molecule has 128 valence electrons. The van der Waals surface area contributed by atoms with Crippen molar-refractivity contribution in [2.24, 2.45) is 5.92 Å². The van der Waals surface area contributed by atoms with Gasteiger partial charge in [0.1, 0.15) is 11.1 Å². The summed E-state index contributed by atoms with van der Waals surface area (Å²) in [7, 11) is -3.95. The molecule has 2 aromatic carbocycles. The van der Waals surface area contributed by atoms with Gasteiger partial charge in [-0.1, -0.05) is 18.5 Å². The molecule has 0 bridgehead atoms. The first-order chi connectivity index (χ1) is 11.3. The van der Waals surface area contributed by atoms with Crippen molar-refractivity contribution in [3.8, 4) is 5.75 Å². The standard InChI is InChI=1S/C17H15ClF2O3S/c1-10-8-9-23-16-14(20)7-6-13(19)15(16)17(10)24(21,22)12-4-2-11(18)3-5-12/h2-7,10,17H,8-9H2,1H3/t10-,17-/m0/s1. The summed E-state index contributed by atoms with van der Waals surface area (Å²) < 4.78 is 60.0. The second-order valence-electron chi connectivity index (χ2n) is 5.81. The fourth-order valence-electron chi connectivity index (χ4n) is 2.98. The van der Waals surface area contributed by atoms with E-state index in [4.69, 9.17) is 16.3 Å². The van der Waals surface area contributed by atoms with Crippen LogP contribution in [0.25, 0.3) is 0 Å². The number of halogens is 3. The first kappa shape index (κ1) is 17.2. The molecule has 0 aromatic heterocycles. The molecule has 1 aliphatic heterocycles. The van der Waals surface area contributed by atoms with Crippen LogP contribution in [-0.2, 0) is 9.84 Å². The average molecular weight is 373 g/mol. The van der Waals surface area contributed by atoms with Gasteiger partial charge in [0.15, 0.2) is 21.4 Å². The van der Waals surface area contributed by atoms with Crippen LogP contribution < -0.4 is 4.74 Å². The zero-order valence-corrected chi connectivity index (χ0v) is 14.4. The van der Waals surface area contributed by atoms with Crippen molar-refractivity contribution in [3.63, 3.8) is 0 Å². The third kappa shape index (κ3) is 2.89. The smallest absolute Gasteiger partial charge is 0.185 e. The Morgan fingerprint density at radius 1 is 1.08 bits per heavy atom. The van der Waals surface area contributed by atoms with E-state index in [1.165, 1.54) is 24.3 Å². The Morgan fingerprint density at radius 3 is 2.38 bits per heavy atom. The third-order valence-electron chi connectivity index (χ3n) is 4.19. The second kappa shape index (κ2) is 6.33. The van der Waals surface area contributed by atoms with Gasteiger partial charge < -0.3 is 4.74 Å². The lowest BCUT2D eigenvalue weighted by atomic mass is 9.97. The van der Waals surface area contributed by atoms with Crippen LogP contribution in [0.1, 0.15) is 24.2 Å². The van der Waals surface area contributed by atoms with Gasteiger partial charge in [-0.15, -0.1) is 0 Å². The summed E-state index contributed by atoms with van der Waals surface area (Å²) in [5, 5.41) is -0.837. The summed E-state index contributed by atoms with van der Waals surface area (Å²) in [5.41, 5.74) is -0.241. The number of rotatable bonds is 2. The fourth-order valence-corrected chi connectivity index (χ4v) is 5.19. The summed E-state index contributed by atoms with van der Waals surface area (Å²) in [6.45, 7) is 1.82. The van der Waals surface area contributed by atoms with Gasteiger partial charge in [0.2, 0.25) is 0 Å². The molecule has 0 amide bonds. The molecule has 1 aliphatic rings. The summed E-state index contributed by atoms with van der Waals surface area (Å²) in [5.74, 6) is -2.32. The van der Waals surface area contributed by atoms with Gasteiger partial charge in [0.25, 0.3) is 0 Å².